The van der Waals surface area contributed by atoms with Crippen LogP contribution in [0.5, 0.6) is 5.75 Å². The van der Waals surface area contributed by atoms with Gasteiger partial charge in [-0.1, -0.05) is 22.8 Å². The first-order valence-electron chi connectivity index (χ1n) is 3.83. The second-order valence-corrected chi connectivity index (χ2v) is 2.98. The van der Waals surface area contributed by atoms with Gasteiger partial charge in [-0.05, 0) is 17.7 Å². The maximum atomic E-state index is 9.44. The average molecular weight is 214 g/mol. The number of hydrogen-bond acceptors (Lipinski definition) is 3. The Bertz CT molecular complexity index is 357. The van der Waals surface area contributed by atoms with E-state index in [4.69, 9.17) is 22.2 Å². The molecule has 1 aromatic carbocycles. The van der Waals surface area contributed by atoms with Crippen molar-refractivity contribution in [2.75, 3.05) is 6.61 Å². The van der Waals surface area contributed by atoms with E-state index < -0.39 is 12.6 Å². The molecule has 6 heteroatoms. The number of halogens is 1. The van der Waals surface area contributed by atoms with Crippen LogP contribution in [0.15, 0.2) is 23.3 Å². The van der Waals surface area contributed by atoms with Crippen molar-refractivity contribution in [3.8, 4) is 5.75 Å². The molecule has 0 amide bonds. The van der Waals surface area contributed by atoms with E-state index in [1.165, 1.54) is 6.07 Å². The van der Waals surface area contributed by atoms with Gasteiger partial charge in [0.2, 0.25) is 0 Å². The first-order chi connectivity index (χ1) is 6.70. The summed E-state index contributed by atoms with van der Waals surface area (Å²) < 4.78 is 0. The van der Waals surface area contributed by atoms with Crippen LogP contribution in [-0.2, 0) is 0 Å². The van der Waals surface area contributed by atoms with Gasteiger partial charge in [-0.15, -0.1) is 0 Å². The van der Waals surface area contributed by atoms with Crippen molar-refractivity contribution in [1.29, 1.82) is 0 Å². The SMILES string of the molecule is [N-]=[N+]=NC(CO)c1c(O)cccc1Cl. The summed E-state index contributed by atoms with van der Waals surface area (Å²) in [5.41, 5.74) is 8.48. The molecule has 1 unspecified atom stereocenters. The van der Waals surface area contributed by atoms with Gasteiger partial charge in [0.25, 0.3) is 0 Å². The topological polar surface area (TPSA) is 89.2 Å². The van der Waals surface area contributed by atoms with Crippen molar-refractivity contribution in [2.24, 2.45) is 5.11 Å². The monoisotopic (exact) mass is 213 g/mol. The highest BCUT2D eigenvalue weighted by atomic mass is 35.5. The zero-order valence-electron chi connectivity index (χ0n) is 7.13. The Morgan fingerprint density at radius 3 is 2.79 bits per heavy atom. The highest BCUT2D eigenvalue weighted by molar-refractivity contribution is 6.31. The van der Waals surface area contributed by atoms with E-state index in [0.717, 1.165) is 0 Å². The van der Waals surface area contributed by atoms with Crippen LogP contribution < -0.4 is 0 Å². The fourth-order valence-corrected chi connectivity index (χ4v) is 1.40. The van der Waals surface area contributed by atoms with Crippen LogP contribution in [0.3, 0.4) is 0 Å². The number of azide groups is 1. The van der Waals surface area contributed by atoms with Crippen LogP contribution in [-0.4, -0.2) is 16.8 Å². The van der Waals surface area contributed by atoms with Crippen molar-refractivity contribution in [3.63, 3.8) is 0 Å². The number of phenols is 1. The molecule has 0 fully saturated rings. The Hall–Kier alpha value is -1.42. The molecular formula is C8H8ClN3O2. The molecule has 1 rings (SSSR count). The fourth-order valence-electron chi connectivity index (χ4n) is 1.10. The van der Waals surface area contributed by atoms with Crippen molar-refractivity contribution < 1.29 is 10.2 Å². The summed E-state index contributed by atoms with van der Waals surface area (Å²) in [6.07, 6.45) is 0. The average Bonchev–Trinajstić information content (AvgIpc) is 2.16. The summed E-state index contributed by atoms with van der Waals surface area (Å²) in [4.78, 5) is 2.56. The molecule has 0 aromatic heterocycles. The third-order valence-electron chi connectivity index (χ3n) is 1.73. The lowest BCUT2D eigenvalue weighted by atomic mass is 10.1. The second kappa shape index (κ2) is 4.72. The zero-order chi connectivity index (χ0) is 10.6. The highest BCUT2D eigenvalue weighted by Crippen LogP contribution is 2.33. The largest absolute Gasteiger partial charge is 0.508 e. The van der Waals surface area contributed by atoms with Gasteiger partial charge >= 0.3 is 0 Å². The fraction of sp³-hybridized carbons (Fsp3) is 0.250. The standard InChI is InChI=1S/C8H8ClN3O2/c9-5-2-1-3-7(14)8(5)6(4-13)11-12-10/h1-3,6,13-14H,4H2. The van der Waals surface area contributed by atoms with E-state index in [2.05, 4.69) is 10.0 Å². The van der Waals surface area contributed by atoms with E-state index in [1.807, 2.05) is 0 Å². The smallest absolute Gasteiger partial charge is 0.120 e. The third kappa shape index (κ3) is 2.09. The van der Waals surface area contributed by atoms with Gasteiger partial charge in [-0.3, -0.25) is 0 Å². The summed E-state index contributed by atoms with van der Waals surface area (Å²) in [7, 11) is 0. The molecular weight excluding hydrogens is 206 g/mol. The molecule has 0 radical (unpaired) electrons. The second-order valence-electron chi connectivity index (χ2n) is 2.58. The molecule has 0 saturated carbocycles. The van der Waals surface area contributed by atoms with Crippen LogP contribution >= 0.6 is 11.6 Å². The van der Waals surface area contributed by atoms with Crippen LogP contribution in [0.4, 0.5) is 0 Å². The zero-order valence-corrected chi connectivity index (χ0v) is 7.89. The Labute approximate surface area is 85.2 Å². The Balaban J connectivity index is 3.21. The maximum absolute atomic E-state index is 9.44. The van der Waals surface area contributed by atoms with E-state index in [1.54, 1.807) is 12.1 Å². The Morgan fingerprint density at radius 1 is 1.57 bits per heavy atom. The number of aliphatic hydroxyl groups is 1. The Kier molecular flexibility index (Phi) is 3.59. The number of rotatable bonds is 3. The van der Waals surface area contributed by atoms with Crippen molar-refractivity contribution in [2.45, 2.75) is 6.04 Å². The summed E-state index contributed by atoms with van der Waals surface area (Å²) in [5, 5.41) is 21.9. The van der Waals surface area contributed by atoms with E-state index >= 15 is 0 Å². The lowest BCUT2D eigenvalue weighted by Gasteiger charge is -2.11. The summed E-state index contributed by atoms with van der Waals surface area (Å²) in [6, 6.07) is 3.67. The molecule has 74 valence electrons. The normalized spacial score (nSPS) is 11.9. The molecule has 0 heterocycles. The van der Waals surface area contributed by atoms with Gasteiger partial charge in [-0.2, -0.15) is 0 Å². The van der Waals surface area contributed by atoms with E-state index in [0.29, 0.717) is 0 Å². The first-order valence-corrected chi connectivity index (χ1v) is 4.21. The summed E-state index contributed by atoms with van der Waals surface area (Å²) in [6.45, 7) is -0.401. The molecule has 2 N–H and O–H groups in total. The van der Waals surface area contributed by atoms with Gasteiger partial charge in [0.15, 0.2) is 0 Å². The third-order valence-corrected chi connectivity index (χ3v) is 2.06. The molecule has 0 saturated heterocycles. The summed E-state index contributed by atoms with van der Waals surface area (Å²) in [5.74, 6) is -0.0936. The van der Waals surface area contributed by atoms with Crippen LogP contribution in [0.1, 0.15) is 11.6 Å². The van der Waals surface area contributed by atoms with Crippen LogP contribution in [0.2, 0.25) is 5.02 Å². The Morgan fingerprint density at radius 2 is 2.29 bits per heavy atom. The number of nitrogens with zero attached hydrogens (tertiary/aromatic N) is 3. The first kappa shape index (κ1) is 10.7. The quantitative estimate of drug-likeness (QED) is 0.459. The maximum Gasteiger partial charge on any atom is 0.120 e. The number of benzene rings is 1. The molecule has 0 bridgehead atoms. The highest BCUT2D eigenvalue weighted by Gasteiger charge is 2.16. The van der Waals surface area contributed by atoms with Gasteiger partial charge in [0, 0.05) is 15.5 Å². The number of aromatic hydroxyl groups is 1. The van der Waals surface area contributed by atoms with Crippen molar-refractivity contribution in [3.05, 3.63) is 39.2 Å². The molecule has 0 aliphatic carbocycles. The predicted octanol–water partition coefficient (Wildman–Crippen LogP) is 2.39. The number of aliphatic hydroxyl groups excluding tert-OH is 1. The minimum atomic E-state index is -0.853. The lowest BCUT2D eigenvalue weighted by molar-refractivity contribution is 0.265. The molecule has 1 atom stereocenters. The van der Waals surface area contributed by atoms with Gasteiger partial charge in [-0.25, -0.2) is 0 Å². The van der Waals surface area contributed by atoms with Crippen molar-refractivity contribution >= 4 is 11.6 Å². The predicted molar refractivity (Wildman–Crippen MR) is 52.1 cm³/mol. The van der Waals surface area contributed by atoms with E-state index in [9.17, 15) is 5.11 Å². The summed E-state index contributed by atoms with van der Waals surface area (Å²) >= 11 is 5.78. The van der Waals surface area contributed by atoms with Gasteiger partial charge in [0.05, 0.1) is 12.6 Å². The number of hydrogen-bond donors (Lipinski definition) is 2. The molecule has 0 aliphatic rings. The van der Waals surface area contributed by atoms with Crippen LogP contribution in [0, 0.1) is 0 Å². The molecule has 5 nitrogen and oxygen atoms in total. The lowest BCUT2D eigenvalue weighted by Crippen LogP contribution is -2.01. The minimum Gasteiger partial charge on any atom is -0.508 e. The molecule has 0 aliphatic heterocycles. The van der Waals surface area contributed by atoms with E-state index in [-0.39, 0.29) is 16.3 Å². The van der Waals surface area contributed by atoms with Crippen LogP contribution in [0.25, 0.3) is 10.4 Å². The van der Waals surface area contributed by atoms with Gasteiger partial charge in [0.1, 0.15) is 5.75 Å². The molecule has 0 spiro atoms. The minimum absolute atomic E-state index is 0.0936. The van der Waals surface area contributed by atoms with Gasteiger partial charge < -0.3 is 10.2 Å². The number of phenolic OH excluding ortho intramolecular Hbond substituents is 1. The molecule has 14 heavy (non-hydrogen) atoms. The molecule has 1 aromatic rings. The van der Waals surface area contributed by atoms with Crippen molar-refractivity contribution in [1.82, 2.24) is 0 Å².